The molecule has 0 unspecified atom stereocenters. The Morgan fingerprint density at radius 3 is 2.29 bits per heavy atom. The van der Waals surface area contributed by atoms with Crippen LogP contribution in [-0.4, -0.2) is 35.9 Å². The summed E-state index contributed by atoms with van der Waals surface area (Å²) in [7, 11) is 1.39. The largest absolute Gasteiger partial charge is 0.493 e. The molecule has 0 bridgehead atoms. The topological polar surface area (TPSA) is 91.8 Å². The van der Waals surface area contributed by atoms with Gasteiger partial charge in [-0.3, -0.25) is 14.4 Å². The Hall–Kier alpha value is -3.29. The molecule has 0 spiro atoms. The van der Waals surface area contributed by atoms with Crippen molar-refractivity contribution in [3.05, 3.63) is 53.1 Å². The summed E-state index contributed by atoms with van der Waals surface area (Å²) < 4.78 is 29.6. The number of aryl methyl sites for hydroxylation is 1. The quantitative estimate of drug-likeness (QED) is 0.352. The Morgan fingerprint density at radius 2 is 1.71 bits per heavy atom. The second-order valence-electron chi connectivity index (χ2n) is 8.73. The lowest BCUT2D eigenvalue weighted by atomic mass is 9.92. The van der Waals surface area contributed by atoms with Gasteiger partial charge in [0.2, 0.25) is 5.75 Å². The van der Waals surface area contributed by atoms with E-state index in [-0.39, 0.29) is 35.3 Å². The van der Waals surface area contributed by atoms with E-state index in [9.17, 15) is 18.8 Å². The highest BCUT2D eigenvalue weighted by molar-refractivity contribution is 6.00. The van der Waals surface area contributed by atoms with Gasteiger partial charge in [0.15, 0.2) is 17.2 Å². The van der Waals surface area contributed by atoms with E-state index in [1.807, 2.05) is 6.92 Å². The van der Waals surface area contributed by atoms with Gasteiger partial charge in [-0.2, -0.15) is 0 Å². The van der Waals surface area contributed by atoms with E-state index < -0.39 is 35.7 Å². The number of methoxy groups -OCH3 is 1. The molecule has 1 aromatic carbocycles. The van der Waals surface area contributed by atoms with Gasteiger partial charge < -0.3 is 14.2 Å². The molecule has 0 radical (unpaired) electrons. The van der Waals surface area contributed by atoms with Crippen molar-refractivity contribution in [2.45, 2.75) is 60.0 Å². The summed E-state index contributed by atoms with van der Waals surface area (Å²) in [5, 5.41) is 0. The lowest BCUT2D eigenvalue weighted by molar-refractivity contribution is -0.153. The number of nitrogens with zero attached hydrogens (tertiary/aromatic N) is 1. The summed E-state index contributed by atoms with van der Waals surface area (Å²) >= 11 is 0. The van der Waals surface area contributed by atoms with Gasteiger partial charge >= 0.3 is 11.9 Å². The molecule has 2 rings (SSSR count). The summed E-state index contributed by atoms with van der Waals surface area (Å²) in [6, 6.07) is 5.98. The van der Waals surface area contributed by atoms with Crippen LogP contribution in [0.4, 0.5) is 4.39 Å². The van der Waals surface area contributed by atoms with Crippen LogP contribution >= 0.6 is 0 Å². The first-order chi connectivity index (χ1) is 16.0. The Balaban J connectivity index is 2.11. The number of aromatic nitrogens is 1. The van der Waals surface area contributed by atoms with Crippen LogP contribution in [0.15, 0.2) is 30.5 Å². The van der Waals surface area contributed by atoms with Gasteiger partial charge in [-0.05, 0) is 37.1 Å². The lowest BCUT2D eigenvalue weighted by Crippen LogP contribution is -2.26. The van der Waals surface area contributed by atoms with Crippen molar-refractivity contribution in [3.63, 3.8) is 0 Å². The Morgan fingerprint density at radius 1 is 1.03 bits per heavy atom. The molecule has 0 aliphatic rings. The monoisotopic (exact) mass is 473 g/mol. The fraction of sp³-hybridized carbons (Fsp3) is 0.462. The van der Waals surface area contributed by atoms with Gasteiger partial charge in [0.1, 0.15) is 11.9 Å². The van der Waals surface area contributed by atoms with E-state index in [0.29, 0.717) is 0 Å². The molecule has 0 amide bonds. The summed E-state index contributed by atoms with van der Waals surface area (Å²) in [6.07, 6.45) is 0.685. The molecule has 0 aliphatic heterocycles. The first kappa shape index (κ1) is 27.0. The highest BCUT2D eigenvalue weighted by atomic mass is 19.1. The van der Waals surface area contributed by atoms with Crippen molar-refractivity contribution in [1.29, 1.82) is 0 Å². The number of pyridine rings is 1. The molecule has 0 fully saturated rings. The van der Waals surface area contributed by atoms with E-state index in [1.54, 1.807) is 40.7 Å². The molecule has 0 N–H and O–H groups in total. The number of hydrogen-bond donors (Lipinski definition) is 0. The van der Waals surface area contributed by atoms with E-state index in [0.717, 1.165) is 11.1 Å². The minimum atomic E-state index is -0.766. The normalized spacial score (nSPS) is 13.7. The van der Waals surface area contributed by atoms with Crippen molar-refractivity contribution >= 4 is 17.7 Å². The molecule has 1 heterocycles. The van der Waals surface area contributed by atoms with Crippen LogP contribution in [-0.2, 0) is 14.3 Å². The van der Waals surface area contributed by atoms with Gasteiger partial charge in [0.25, 0.3) is 0 Å². The predicted molar refractivity (Wildman–Crippen MR) is 124 cm³/mol. The van der Waals surface area contributed by atoms with E-state index >= 15 is 0 Å². The van der Waals surface area contributed by atoms with Crippen LogP contribution in [0.1, 0.15) is 68.6 Å². The van der Waals surface area contributed by atoms with Crippen LogP contribution in [0.2, 0.25) is 0 Å². The number of rotatable bonds is 10. The van der Waals surface area contributed by atoms with E-state index in [1.165, 1.54) is 31.5 Å². The van der Waals surface area contributed by atoms with Crippen LogP contribution < -0.4 is 9.47 Å². The SMILES string of the molecule is COc1ccnc(C(=O)C[C@H](C)C(=O)O[C@@H](C)[C@H](C)c2ccc(F)cc2C)c1OC(=O)C(C)C. The molecule has 0 saturated heterocycles. The van der Waals surface area contributed by atoms with Crippen molar-refractivity contribution in [3.8, 4) is 11.5 Å². The Kier molecular flexibility index (Phi) is 9.29. The van der Waals surface area contributed by atoms with Crippen LogP contribution in [0.25, 0.3) is 0 Å². The van der Waals surface area contributed by atoms with Crippen LogP contribution in [0.5, 0.6) is 11.5 Å². The number of ketones is 1. The first-order valence-electron chi connectivity index (χ1n) is 11.2. The summed E-state index contributed by atoms with van der Waals surface area (Å²) in [5.74, 6) is -3.12. The van der Waals surface area contributed by atoms with Crippen LogP contribution in [0, 0.1) is 24.6 Å². The summed E-state index contributed by atoms with van der Waals surface area (Å²) in [4.78, 5) is 41.9. The third kappa shape index (κ3) is 6.62. The van der Waals surface area contributed by atoms with Crippen molar-refractivity contribution < 1.29 is 33.0 Å². The first-order valence-corrected chi connectivity index (χ1v) is 11.2. The number of carbonyl (C=O) groups excluding carboxylic acids is 3. The highest BCUT2D eigenvalue weighted by Crippen LogP contribution is 2.32. The molecule has 8 heteroatoms. The van der Waals surface area contributed by atoms with Gasteiger partial charge in [0, 0.05) is 24.6 Å². The molecule has 7 nitrogen and oxygen atoms in total. The fourth-order valence-corrected chi connectivity index (χ4v) is 3.37. The number of benzene rings is 1. The van der Waals surface area contributed by atoms with Crippen molar-refractivity contribution in [2.75, 3.05) is 7.11 Å². The number of esters is 2. The molecule has 0 saturated carbocycles. The lowest BCUT2D eigenvalue weighted by Gasteiger charge is -2.24. The number of ether oxygens (including phenoxy) is 3. The summed E-state index contributed by atoms with van der Waals surface area (Å²) in [6.45, 7) is 10.4. The van der Waals surface area contributed by atoms with Crippen LogP contribution in [0.3, 0.4) is 0 Å². The average Bonchev–Trinajstić information content (AvgIpc) is 2.78. The third-order valence-corrected chi connectivity index (χ3v) is 5.65. The minimum absolute atomic E-state index is 0.0666. The maximum Gasteiger partial charge on any atom is 0.313 e. The minimum Gasteiger partial charge on any atom is -0.493 e. The molecular formula is C26H32FNO6. The molecule has 0 aliphatic carbocycles. The fourth-order valence-electron chi connectivity index (χ4n) is 3.37. The van der Waals surface area contributed by atoms with Gasteiger partial charge in [0.05, 0.1) is 18.9 Å². The average molecular weight is 474 g/mol. The zero-order valence-electron chi connectivity index (χ0n) is 20.7. The Bertz CT molecular complexity index is 1050. The zero-order valence-corrected chi connectivity index (χ0v) is 20.7. The Labute approximate surface area is 199 Å². The van der Waals surface area contributed by atoms with Gasteiger partial charge in [-0.15, -0.1) is 0 Å². The van der Waals surface area contributed by atoms with Crippen molar-refractivity contribution in [2.24, 2.45) is 11.8 Å². The standard InChI is InChI=1S/C26H32FNO6/c1-14(2)25(30)34-24-22(32-7)10-11-28-23(24)21(29)13-16(4)26(31)33-18(6)17(5)20-9-8-19(27)12-15(20)3/h8-12,14,16-18H,13H2,1-7H3/t16-,17-,18-/m0/s1. The summed E-state index contributed by atoms with van der Waals surface area (Å²) in [5.41, 5.74) is 1.56. The van der Waals surface area contributed by atoms with E-state index in [2.05, 4.69) is 4.98 Å². The van der Waals surface area contributed by atoms with E-state index in [4.69, 9.17) is 14.2 Å². The predicted octanol–water partition coefficient (Wildman–Crippen LogP) is 5.04. The smallest absolute Gasteiger partial charge is 0.313 e. The van der Waals surface area contributed by atoms with Gasteiger partial charge in [-0.1, -0.05) is 33.8 Å². The maximum absolute atomic E-state index is 13.4. The third-order valence-electron chi connectivity index (χ3n) is 5.65. The molecule has 1 aromatic heterocycles. The molecule has 184 valence electrons. The molecule has 34 heavy (non-hydrogen) atoms. The number of hydrogen-bond acceptors (Lipinski definition) is 7. The zero-order chi connectivity index (χ0) is 25.6. The molecule has 2 aromatic rings. The molecule has 3 atom stereocenters. The van der Waals surface area contributed by atoms with Gasteiger partial charge in [-0.25, -0.2) is 9.37 Å². The number of carbonyl (C=O) groups is 3. The maximum atomic E-state index is 13.4. The highest BCUT2D eigenvalue weighted by Gasteiger charge is 2.28. The second kappa shape index (κ2) is 11.7. The molecular weight excluding hydrogens is 441 g/mol. The van der Waals surface area contributed by atoms with Crippen molar-refractivity contribution in [1.82, 2.24) is 4.98 Å². The number of halogens is 1. The second-order valence-corrected chi connectivity index (χ2v) is 8.73. The number of Topliss-reactive ketones (excluding diaryl/α,β-unsaturated/α-hetero) is 1.